The Morgan fingerprint density at radius 3 is 2.62 bits per heavy atom. The van der Waals surface area contributed by atoms with Gasteiger partial charge in [-0.05, 0) is 42.5 Å². The van der Waals surface area contributed by atoms with Gasteiger partial charge in [-0.25, -0.2) is 4.79 Å². The normalized spacial score (nSPS) is 21.3. The number of allylic oxidation sites excluding steroid dienone is 3. The molecule has 1 N–H and O–H groups in total. The van der Waals surface area contributed by atoms with Gasteiger partial charge in [-0.1, -0.05) is 36.4 Å². The van der Waals surface area contributed by atoms with Crippen LogP contribution in [0.25, 0.3) is 0 Å². The Kier molecular flexibility index (Phi) is 6.11. The third-order valence-electron chi connectivity index (χ3n) is 6.57. The zero-order valence-electron chi connectivity index (χ0n) is 19.3. The van der Waals surface area contributed by atoms with Crippen molar-refractivity contribution in [3.05, 3.63) is 82.2 Å². The SMILES string of the molecule is COCCOC(=O)C1=C(C)NC2=C(C(=O)CC(c3ccccc3)C2)C1c1ccc2c(c1)OCO2. The number of hydrogen-bond acceptors (Lipinski definition) is 7. The number of esters is 1. The first-order chi connectivity index (χ1) is 16.6. The van der Waals surface area contributed by atoms with Crippen LogP contribution in [0.4, 0.5) is 0 Å². The Balaban J connectivity index is 1.56. The summed E-state index contributed by atoms with van der Waals surface area (Å²) in [7, 11) is 1.55. The summed E-state index contributed by atoms with van der Waals surface area (Å²) in [6.45, 7) is 2.44. The molecule has 2 aliphatic heterocycles. The van der Waals surface area contributed by atoms with Gasteiger partial charge in [0, 0.05) is 36.4 Å². The molecule has 5 rings (SSSR count). The second kappa shape index (κ2) is 9.35. The summed E-state index contributed by atoms with van der Waals surface area (Å²) in [4.78, 5) is 26.8. The number of benzene rings is 2. The van der Waals surface area contributed by atoms with Gasteiger partial charge in [0.2, 0.25) is 6.79 Å². The molecule has 3 aliphatic rings. The van der Waals surface area contributed by atoms with Crippen molar-refractivity contribution in [1.29, 1.82) is 0 Å². The molecule has 7 heteroatoms. The minimum Gasteiger partial charge on any atom is -0.460 e. The molecule has 2 aromatic rings. The largest absolute Gasteiger partial charge is 0.460 e. The number of hydrogen-bond donors (Lipinski definition) is 1. The Labute approximate surface area is 198 Å². The molecule has 0 saturated heterocycles. The average Bonchev–Trinajstić information content (AvgIpc) is 3.31. The van der Waals surface area contributed by atoms with Gasteiger partial charge in [0.15, 0.2) is 17.3 Å². The number of methoxy groups -OCH3 is 1. The summed E-state index contributed by atoms with van der Waals surface area (Å²) in [6, 6.07) is 15.6. The Bertz CT molecular complexity index is 1180. The van der Waals surface area contributed by atoms with Crippen LogP contribution < -0.4 is 14.8 Å². The van der Waals surface area contributed by atoms with Gasteiger partial charge in [0.25, 0.3) is 0 Å². The summed E-state index contributed by atoms with van der Waals surface area (Å²) in [5, 5.41) is 3.37. The van der Waals surface area contributed by atoms with E-state index in [1.54, 1.807) is 7.11 Å². The quantitative estimate of drug-likeness (QED) is 0.515. The molecule has 2 atom stereocenters. The van der Waals surface area contributed by atoms with Crippen molar-refractivity contribution in [2.24, 2.45) is 0 Å². The van der Waals surface area contributed by atoms with Gasteiger partial charge >= 0.3 is 5.97 Å². The molecule has 0 bridgehead atoms. The van der Waals surface area contributed by atoms with Crippen LogP contribution in [0.1, 0.15) is 42.7 Å². The lowest BCUT2D eigenvalue weighted by Gasteiger charge is -2.36. The van der Waals surface area contributed by atoms with Gasteiger partial charge in [0.1, 0.15) is 6.61 Å². The lowest BCUT2D eigenvalue weighted by atomic mass is 9.71. The molecule has 0 saturated carbocycles. The maximum absolute atomic E-state index is 13.6. The van der Waals surface area contributed by atoms with E-state index in [9.17, 15) is 9.59 Å². The van der Waals surface area contributed by atoms with E-state index in [0.717, 1.165) is 16.8 Å². The predicted octanol–water partition coefficient (Wildman–Crippen LogP) is 3.97. The highest BCUT2D eigenvalue weighted by Crippen LogP contribution is 2.47. The molecule has 0 amide bonds. The molecule has 1 aliphatic carbocycles. The topological polar surface area (TPSA) is 83.1 Å². The van der Waals surface area contributed by atoms with Crippen LogP contribution in [0.2, 0.25) is 0 Å². The number of carbonyl (C=O) groups excluding carboxylic acids is 2. The van der Waals surface area contributed by atoms with Crippen LogP contribution in [0.5, 0.6) is 11.5 Å². The molecule has 0 radical (unpaired) electrons. The van der Waals surface area contributed by atoms with E-state index >= 15 is 0 Å². The molecule has 0 spiro atoms. The van der Waals surface area contributed by atoms with Crippen LogP contribution >= 0.6 is 0 Å². The number of ketones is 1. The number of fused-ring (bicyclic) bond motifs is 1. The van der Waals surface area contributed by atoms with Gasteiger partial charge < -0.3 is 24.3 Å². The van der Waals surface area contributed by atoms with Gasteiger partial charge in [-0.3, -0.25) is 4.79 Å². The molecule has 7 nitrogen and oxygen atoms in total. The number of nitrogens with one attached hydrogen (secondary N) is 1. The van der Waals surface area contributed by atoms with Gasteiger partial charge in [-0.15, -0.1) is 0 Å². The zero-order chi connectivity index (χ0) is 23.7. The molecular formula is C27H27NO6. The van der Waals surface area contributed by atoms with E-state index in [-0.39, 0.29) is 25.1 Å². The predicted molar refractivity (Wildman–Crippen MR) is 124 cm³/mol. The van der Waals surface area contributed by atoms with E-state index in [1.807, 2.05) is 43.3 Å². The smallest absolute Gasteiger partial charge is 0.336 e. The number of rotatable bonds is 6. The highest BCUT2D eigenvalue weighted by Gasteiger charge is 2.41. The Morgan fingerprint density at radius 1 is 1.03 bits per heavy atom. The molecule has 0 aromatic heterocycles. The van der Waals surface area contributed by atoms with E-state index in [2.05, 4.69) is 17.4 Å². The summed E-state index contributed by atoms with van der Waals surface area (Å²) in [5.41, 5.74) is 4.53. The van der Waals surface area contributed by atoms with Crippen LogP contribution in [0.3, 0.4) is 0 Å². The fraction of sp³-hybridized carbons (Fsp3) is 0.333. The van der Waals surface area contributed by atoms with Crippen molar-refractivity contribution in [2.45, 2.75) is 31.6 Å². The summed E-state index contributed by atoms with van der Waals surface area (Å²) in [5.74, 6) is 0.351. The van der Waals surface area contributed by atoms with Crippen LogP contribution in [-0.2, 0) is 19.1 Å². The summed E-state index contributed by atoms with van der Waals surface area (Å²) in [6.07, 6.45) is 1.08. The van der Waals surface area contributed by atoms with Crippen molar-refractivity contribution >= 4 is 11.8 Å². The molecule has 176 valence electrons. The maximum Gasteiger partial charge on any atom is 0.336 e. The summed E-state index contributed by atoms with van der Waals surface area (Å²) < 4.78 is 21.6. The van der Waals surface area contributed by atoms with E-state index in [1.165, 1.54) is 0 Å². The fourth-order valence-electron chi connectivity index (χ4n) is 4.99. The van der Waals surface area contributed by atoms with Crippen LogP contribution in [-0.4, -0.2) is 38.9 Å². The Morgan fingerprint density at radius 2 is 1.82 bits per heavy atom. The molecule has 2 aromatic carbocycles. The maximum atomic E-state index is 13.6. The first kappa shape index (κ1) is 22.2. The van der Waals surface area contributed by atoms with Crippen molar-refractivity contribution in [2.75, 3.05) is 27.1 Å². The third-order valence-corrected chi connectivity index (χ3v) is 6.57. The van der Waals surface area contributed by atoms with Gasteiger partial charge in [-0.2, -0.15) is 0 Å². The summed E-state index contributed by atoms with van der Waals surface area (Å²) >= 11 is 0. The first-order valence-electron chi connectivity index (χ1n) is 11.4. The minimum absolute atomic E-state index is 0.0277. The van der Waals surface area contributed by atoms with E-state index in [4.69, 9.17) is 18.9 Å². The van der Waals surface area contributed by atoms with Crippen molar-refractivity contribution in [3.8, 4) is 11.5 Å². The van der Waals surface area contributed by atoms with Crippen molar-refractivity contribution in [3.63, 3.8) is 0 Å². The lowest BCUT2D eigenvalue weighted by molar-refractivity contribution is -0.140. The number of Topliss-reactive ketones (excluding diaryl/α,β-unsaturated/α-hetero) is 1. The second-order valence-corrected chi connectivity index (χ2v) is 8.67. The Hall–Kier alpha value is -3.58. The monoisotopic (exact) mass is 461 g/mol. The molecule has 34 heavy (non-hydrogen) atoms. The average molecular weight is 462 g/mol. The van der Waals surface area contributed by atoms with Crippen molar-refractivity contribution in [1.82, 2.24) is 5.32 Å². The van der Waals surface area contributed by atoms with E-state index < -0.39 is 11.9 Å². The number of dihydropyridines is 1. The standard InChI is InChI=1S/C27H27NO6/c1-16-24(27(30)32-11-10-31-2)25(18-8-9-22-23(14-18)34-15-33-22)26-20(28-16)12-19(13-21(26)29)17-6-4-3-5-7-17/h3-9,14,19,25,28H,10-13,15H2,1-2H3. The number of carbonyl (C=O) groups is 2. The first-order valence-corrected chi connectivity index (χ1v) is 11.4. The minimum atomic E-state index is -0.551. The molecule has 2 unspecified atom stereocenters. The van der Waals surface area contributed by atoms with Crippen molar-refractivity contribution < 1.29 is 28.5 Å². The second-order valence-electron chi connectivity index (χ2n) is 8.67. The van der Waals surface area contributed by atoms with Crippen LogP contribution in [0.15, 0.2) is 71.1 Å². The molecule has 0 fully saturated rings. The number of ether oxygens (including phenoxy) is 4. The van der Waals surface area contributed by atoms with E-state index in [0.29, 0.717) is 47.8 Å². The zero-order valence-corrected chi connectivity index (χ0v) is 19.3. The highest BCUT2D eigenvalue weighted by molar-refractivity contribution is 6.04. The molecule has 2 heterocycles. The lowest BCUT2D eigenvalue weighted by Crippen LogP contribution is -2.36. The third kappa shape index (κ3) is 4.07. The molecular weight excluding hydrogens is 434 g/mol. The fourth-order valence-corrected chi connectivity index (χ4v) is 4.99. The highest BCUT2D eigenvalue weighted by atomic mass is 16.7. The van der Waals surface area contributed by atoms with Crippen LogP contribution in [0, 0.1) is 0 Å². The van der Waals surface area contributed by atoms with Gasteiger partial charge in [0.05, 0.1) is 12.2 Å².